The molecule has 1 saturated heterocycles. The van der Waals surface area contributed by atoms with Crippen molar-refractivity contribution < 1.29 is 13.9 Å². The molecular formula is C14H18BrFN2O2. The standard InChI is InChI=1S/C14H18BrFN2O2/c1-9-6-18(7-10(2)17-9)14(19)8-20-13-4-3-11(15)5-12(13)16/h3-5,9-10,17H,6-8H2,1-2H3. The summed E-state index contributed by atoms with van der Waals surface area (Å²) in [5.74, 6) is -0.500. The van der Waals surface area contributed by atoms with Gasteiger partial charge in [-0.05, 0) is 32.0 Å². The molecule has 20 heavy (non-hydrogen) atoms. The van der Waals surface area contributed by atoms with Crippen molar-refractivity contribution in [1.29, 1.82) is 0 Å². The molecule has 0 bridgehead atoms. The third-order valence-corrected chi connectivity index (χ3v) is 3.65. The summed E-state index contributed by atoms with van der Waals surface area (Å²) in [6, 6.07) is 5.02. The predicted molar refractivity (Wildman–Crippen MR) is 78.2 cm³/mol. The number of rotatable bonds is 3. The summed E-state index contributed by atoms with van der Waals surface area (Å²) in [4.78, 5) is 13.8. The first-order valence-electron chi connectivity index (χ1n) is 6.57. The molecule has 1 aliphatic rings. The molecule has 2 unspecified atom stereocenters. The maximum Gasteiger partial charge on any atom is 0.260 e. The zero-order chi connectivity index (χ0) is 14.7. The first-order chi connectivity index (χ1) is 9.45. The van der Waals surface area contributed by atoms with Crippen molar-refractivity contribution in [3.8, 4) is 5.75 Å². The number of ether oxygens (including phenoxy) is 1. The second kappa shape index (κ2) is 6.54. The Morgan fingerprint density at radius 2 is 2.10 bits per heavy atom. The van der Waals surface area contributed by atoms with Gasteiger partial charge in [0.1, 0.15) is 0 Å². The molecule has 1 aromatic rings. The SMILES string of the molecule is CC1CN(C(=O)COc2ccc(Br)cc2F)CC(C)N1. The van der Waals surface area contributed by atoms with Gasteiger partial charge >= 0.3 is 0 Å². The van der Waals surface area contributed by atoms with Crippen LogP contribution in [0.3, 0.4) is 0 Å². The minimum absolute atomic E-state index is 0.0952. The molecule has 1 aromatic carbocycles. The van der Waals surface area contributed by atoms with Crippen LogP contribution < -0.4 is 10.1 Å². The van der Waals surface area contributed by atoms with Crippen LogP contribution >= 0.6 is 15.9 Å². The Morgan fingerprint density at radius 3 is 2.70 bits per heavy atom. The van der Waals surface area contributed by atoms with Crippen LogP contribution in [0, 0.1) is 5.82 Å². The Kier molecular flexibility index (Phi) is 4.99. The van der Waals surface area contributed by atoms with Gasteiger partial charge < -0.3 is 15.0 Å². The number of piperazine rings is 1. The molecule has 0 radical (unpaired) electrons. The Labute approximate surface area is 126 Å². The van der Waals surface area contributed by atoms with Crippen molar-refractivity contribution in [2.24, 2.45) is 0 Å². The van der Waals surface area contributed by atoms with Crippen LogP contribution in [0.5, 0.6) is 5.75 Å². The van der Waals surface area contributed by atoms with Crippen molar-refractivity contribution in [3.05, 3.63) is 28.5 Å². The summed E-state index contributed by atoms with van der Waals surface area (Å²) in [6.45, 7) is 5.22. The highest BCUT2D eigenvalue weighted by molar-refractivity contribution is 9.10. The fourth-order valence-corrected chi connectivity index (χ4v) is 2.69. The van der Waals surface area contributed by atoms with Crippen molar-refractivity contribution in [2.75, 3.05) is 19.7 Å². The van der Waals surface area contributed by atoms with E-state index in [9.17, 15) is 9.18 Å². The van der Waals surface area contributed by atoms with Gasteiger partial charge in [0.05, 0.1) is 0 Å². The molecule has 1 fully saturated rings. The number of carbonyl (C=O) groups excluding carboxylic acids is 1. The molecule has 0 aliphatic carbocycles. The van der Waals surface area contributed by atoms with Crippen molar-refractivity contribution in [1.82, 2.24) is 10.2 Å². The first kappa shape index (κ1) is 15.3. The summed E-state index contributed by atoms with van der Waals surface area (Å²) in [6.07, 6.45) is 0. The summed E-state index contributed by atoms with van der Waals surface area (Å²) < 4.78 is 19.5. The molecule has 1 N–H and O–H groups in total. The summed E-state index contributed by atoms with van der Waals surface area (Å²) in [5.41, 5.74) is 0. The lowest BCUT2D eigenvalue weighted by molar-refractivity contribution is -0.135. The quantitative estimate of drug-likeness (QED) is 0.913. The lowest BCUT2D eigenvalue weighted by atomic mass is 10.1. The molecule has 110 valence electrons. The molecule has 6 heteroatoms. The maximum absolute atomic E-state index is 13.6. The van der Waals surface area contributed by atoms with Crippen molar-refractivity contribution in [3.63, 3.8) is 0 Å². The van der Waals surface area contributed by atoms with E-state index in [0.717, 1.165) is 0 Å². The molecule has 2 rings (SSSR count). The van der Waals surface area contributed by atoms with E-state index in [1.54, 1.807) is 11.0 Å². The minimum atomic E-state index is -0.478. The lowest BCUT2D eigenvalue weighted by Crippen LogP contribution is -2.56. The van der Waals surface area contributed by atoms with Crippen molar-refractivity contribution in [2.45, 2.75) is 25.9 Å². The zero-order valence-corrected chi connectivity index (χ0v) is 13.1. The highest BCUT2D eigenvalue weighted by Gasteiger charge is 2.25. The Bertz CT molecular complexity index is 488. The minimum Gasteiger partial charge on any atom is -0.481 e. The van der Waals surface area contributed by atoms with Crippen LogP contribution in [0.15, 0.2) is 22.7 Å². The molecule has 2 atom stereocenters. The molecule has 0 spiro atoms. The average molecular weight is 345 g/mol. The summed E-state index contributed by atoms with van der Waals surface area (Å²) in [5, 5.41) is 3.35. The first-order valence-corrected chi connectivity index (χ1v) is 7.36. The molecule has 0 saturated carbocycles. The largest absolute Gasteiger partial charge is 0.481 e. The van der Waals surface area contributed by atoms with Crippen LogP contribution in [0.2, 0.25) is 0 Å². The normalized spacial score (nSPS) is 22.7. The summed E-state index contributed by atoms with van der Waals surface area (Å²) in [7, 11) is 0. The van der Waals surface area contributed by atoms with Crippen molar-refractivity contribution >= 4 is 21.8 Å². The fraction of sp³-hybridized carbons (Fsp3) is 0.500. The number of carbonyl (C=O) groups is 1. The second-order valence-corrected chi connectivity index (χ2v) is 6.05. The smallest absolute Gasteiger partial charge is 0.260 e. The zero-order valence-electron chi connectivity index (χ0n) is 11.5. The topological polar surface area (TPSA) is 41.6 Å². The second-order valence-electron chi connectivity index (χ2n) is 5.13. The van der Waals surface area contributed by atoms with E-state index in [1.165, 1.54) is 12.1 Å². The van der Waals surface area contributed by atoms with E-state index >= 15 is 0 Å². The Morgan fingerprint density at radius 1 is 1.45 bits per heavy atom. The number of nitrogens with zero attached hydrogens (tertiary/aromatic N) is 1. The fourth-order valence-electron chi connectivity index (χ4n) is 2.35. The monoisotopic (exact) mass is 344 g/mol. The van der Waals surface area contributed by atoms with Gasteiger partial charge in [-0.1, -0.05) is 15.9 Å². The van der Waals surface area contributed by atoms with Crippen LogP contribution in [-0.4, -0.2) is 42.6 Å². The highest BCUT2D eigenvalue weighted by Crippen LogP contribution is 2.21. The number of hydrogen-bond donors (Lipinski definition) is 1. The molecular weight excluding hydrogens is 327 g/mol. The van der Waals surface area contributed by atoms with Gasteiger partial charge in [0.2, 0.25) is 0 Å². The van der Waals surface area contributed by atoms with Gasteiger partial charge in [0.15, 0.2) is 18.2 Å². The van der Waals surface area contributed by atoms with E-state index < -0.39 is 5.82 Å². The molecule has 1 heterocycles. The lowest BCUT2D eigenvalue weighted by Gasteiger charge is -2.36. The van der Waals surface area contributed by atoms with E-state index in [0.29, 0.717) is 17.6 Å². The van der Waals surface area contributed by atoms with Gasteiger partial charge in [0.25, 0.3) is 5.91 Å². The van der Waals surface area contributed by atoms with E-state index in [2.05, 4.69) is 21.2 Å². The molecule has 4 nitrogen and oxygen atoms in total. The van der Waals surface area contributed by atoms with Crippen LogP contribution in [0.4, 0.5) is 4.39 Å². The van der Waals surface area contributed by atoms with Gasteiger partial charge in [-0.15, -0.1) is 0 Å². The van der Waals surface area contributed by atoms with Gasteiger partial charge in [-0.3, -0.25) is 4.79 Å². The predicted octanol–water partition coefficient (Wildman–Crippen LogP) is 2.18. The summed E-state index contributed by atoms with van der Waals surface area (Å²) >= 11 is 3.17. The van der Waals surface area contributed by atoms with Crippen LogP contribution in [-0.2, 0) is 4.79 Å². The average Bonchev–Trinajstić information content (AvgIpc) is 2.36. The Balaban J connectivity index is 1.91. The third kappa shape index (κ3) is 3.93. The van der Waals surface area contributed by atoms with Gasteiger partial charge in [-0.25, -0.2) is 4.39 Å². The third-order valence-electron chi connectivity index (χ3n) is 3.16. The molecule has 1 aliphatic heterocycles. The van der Waals surface area contributed by atoms with Gasteiger partial charge in [0, 0.05) is 29.6 Å². The van der Waals surface area contributed by atoms with E-state index in [4.69, 9.17) is 4.74 Å². The molecule has 0 aromatic heterocycles. The van der Waals surface area contributed by atoms with E-state index in [-0.39, 0.29) is 30.3 Å². The highest BCUT2D eigenvalue weighted by atomic mass is 79.9. The van der Waals surface area contributed by atoms with Crippen LogP contribution in [0.25, 0.3) is 0 Å². The number of hydrogen-bond acceptors (Lipinski definition) is 3. The number of benzene rings is 1. The number of amides is 1. The number of halogens is 2. The van der Waals surface area contributed by atoms with Crippen LogP contribution in [0.1, 0.15) is 13.8 Å². The van der Waals surface area contributed by atoms with E-state index in [1.807, 2.05) is 13.8 Å². The molecule has 1 amide bonds. The van der Waals surface area contributed by atoms with Gasteiger partial charge in [-0.2, -0.15) is 0 Å². The maximum atomic E-state index is 13.6. The number of nitrogens with one attached hydrogen (secondary N) is 1. The Hall–Kier alpha value is -1.14.